The highest BCUT2D eigenvalue weighted by Crippen LogP contribution is 2.28. The molecule has 0 radical (unpaired) electrons. The lowest BCUT2D eigenvalue weighted by atomic mass is 9.90. The second kappa shape index (κ2) is 10.1. The maximum absolute atomic E-state index is 12.9. The fourth-order valence-corrected chi connectivity index (χ4v) is 4.90. The van der Waals surface area contributed by atoms with Crippen LogP contribution >= 0.6 is 11.3 Å². The van der Waals surface area contributed by atoms with Crippen LogP contribution in [0, 0.1) is 0 Å². The summed E-state index contributed by atoms with van der Waals surface area (Å²) < 4.78 is 6.06. The predicted molar refractivity (Wildman–Crippen MR) is 128 cm³/mol. The van der Waals surface area contributed by atoms with Crippen LogP contribution in [0.1, 0.15) is 17.5 Å². The Morgan fingerprint density at radius 1 is 1.03 bits per heavy atom. The summed E-state index contributed by atoms with van der Waals surface area (Å²) in [6, 6.07) is 22.3. The van der Waals surface area contributed by atoms with E-state index >= 15 is 0 Å². The predicted octanol–water partition coefficient (Wildman–Crippen LogP) is 3.93. The number of thiophene rings is 1. The van der Waals surface area contributed by atoms with E-state index in [0.717, 1.165) is 16.7 Å². The molecule has 6 heteroatoms. The van der Waals surface area contributed by atoms with Gasteiger partial charge in [-0.2, -0.15) is 0 Å². The standard InChI is InChI=1S/C26H28N2O3S/c1-27-25(30)26(18-21-9-12-22(13-10-21)23-8-5-17-32-23)19-28(15-16-31-26)24(29)14-11-20-6-3-2-4-7-20/h2-10,12-13,17H,11,14-16,18-19H2,1H3,(H,27,30). The van der Waals surface area contributed by atoms with E-state index in [4.69, 9.17) is 4.74 Å². The van der Waals surface area contributed by atoms with Gasteiger partial charge in [-0.1, -0.05) is 60.7 Å². The topological polar surface area (TPSA) is 58.6 Å². The zero-order chi connectivity index (χ0) is 22.4. The monoisotopic (exact) mass is 448 g/mol. The minimum absolute atomic E-state index is 0.0541. The van der Waals surface area contributed by atoms with Crippen LogP contribution in [-0.2, 0) is 27.2 Å². The summed E-state index contributed by atoms with van der Waals surface area (Å²) >= 11 is 1.70. The molecule has 32 heavy (non-hydrogen) atoms. The molecule has 5 nitrogen and oxygen atoms in total. The van der Waals surface area contributed by atoms with E-state index in [1.54, 1.807) is 23.3 Å². The molecule has 1 saturated heterocycles. The molecule has 3 aromatic rings. The molecule has 1 aliphatic heterocycles. The van der Waals surface area contributed by atoms with Crippen molar-refractivity contribution >= 4 is 23.2 Å². The molecule has 1 N–H and O–H groups in total. The molecule has 1 unspecified atom stereocenters. The number of rotatable bonds is 7. The zero-order valence-corrected chi connectivity index (χ0v) is 19.1. The Hall–Kier alpha value is -2.96. The zero-order valence-electron chi connectivity index (χ0n) is 18.3. The van der Waals surface area contributed by atoms with Crippen molar-refractivity contribution in [1.29, 1.82) is 0 Å². The average molecular weight is 449 g/mol. The van der Waals surface area contributed by atoms with Crippen LogP contribution < -0.4 is 5.32 Å². The van der Waals surface area contributed by atoms with Gasteiger partial charge in [0.15, 0.2) is 5.60 Å². The Morgan fingerprint density at radius 3 is 2.50 bits per heavy atom. The Balaban J connectivity index is 1.46. The van der Waals surface area contributed by atoms with Gasteiger partial charge in [0.1, 0.15) is 0 Å². The fourth-order valence-electron chi connectivity index (χ4n) is 4.16. The van der Waals surface area contributed by atoms with E-state index in [1.807, 2.05) is 48.5 Å². The van der Waals surface area contributed by atoms with Gasteiger partial charge in [0.2, 0.25) is 5.91 Å². The second-order valence-corrected chi connectivity index (χ2v) is 9.02. The van der Waals surface area contributed by atoms with E-state index in [2.05, 4.69) is 28.9 Å². The number of nitrogens with one attached hydrogen (secondary N) is 1. The van der Waals surface area contributed by atoms with Gasteiger partial charge in [-0.3, -0.25) is 9.59 Å². The van der Waals surface area contributed by atoms with E-state index in [1.165, 1.54) is 4.88 Å². The number of amides is 2. The number of carbonyl (C=O) groups is 2. The third-order valence-electron chi connectivity index (χ3n) is 5.90. The van der Waals surface area contributed by atoms with Crippen molar-refractivity contribution in [2.75, 3.05) is 26.7 Å². The van der Waals surface area contributed by atoms with Crippen LogP contribution in [-0.4, -0.2) is 49.1 Å². The Labute approximate surface area is 193 Å². The maximum Gasteiger partial charge on any atom is 0.254 e. The molecule has 1 aliphatic rings. The van der Waals surface area contributed by atoms with Gasteiger partial charge in [-0.25, -0.2) is 0 Å². The van der Waals surface area contributed by atoms with E-state index in [0.29, 0.717) is 32.4 Å². The number of likely N-dealkylation sites (N-methyl/N-ethyl adjacent to an activating group) is 1. The van der Waals surface area contributed by atoms with Crippen LogP contribution in [0.15, 0.2) is 72.1 Å². The van der Waals surface area contributed by atoms with Crippen molar-refractivity contribution in [2.45, 2.75) is 24.9 Å². The average Bonchev–Trinajstić information content (AvgIpc) is 3.38. The van der Waals surface area contributed by atoms with Crippen molar-refractivity contribution in [3.63, 3.8) is 0 Å². The fraction of sp³-hybridized carbons (Fsp3) is 0.308. The summed E-state index contributed by atoms with van der Waals surface area (Å²) in [7, 11) is 1.61. The maximum atomic E-state index is 12.9. The van der Waals surface area contributed by atoms with Gasteiger partial charge in [0.05, 0.1) is 13.2 Å². The Kier molecular flexibility index (Phi) is 7.02. The quantitative estimate of drug-likeness (QED) is 0.596. The van der Waals surface area contributed by atoms with Crippen molar-refractivity contribution in [1.82, 2.24) is 10.2 Å². The molecular weight excluding hydrogens is 420 g/mol. The highest BCUT2D eigenvalue weighted by Gasteiger charge is 2.44. The number of ether oxygens (including phenoxy) is 1. The number of benzene rings is 2. The van der Waals surface area contributed by atoms with Crippen LogP contribution in [0.4, 0.5) is 0 Å². The number of morpholine rings is 1. The molecule has 2 heterocycles. The first-order valence-electron chi connectivity index (χ1n) is 10.9. The minimum atomic E-state index is -1.08. The van der Waals surface area contributed by atoms with E-state index < -0.39 is 5.60 Å². The first-order chi connectivity index (χ1) is 15.6. The lowest BCUT2D eigenvalue weighted by Gasteiger charge is -2.41. The summed E-state index contributed by atoms with van der Waals surface area (Å²) in [5, 5.41) is 4.81. The van der Waals surface area contributed by atoms with Gasteiger partial charge >= 0.3 is 0 Å². The Morgan fingerprint density at radius 2 is 1.81 bits per heavy atom. The van der Waals surface area contributed by atoms with Crippen LogP contribution in [0.2, 0.25) is 0 Å². The number of hydrogen-bond donors (Lipinski definition) is 1. The summed E-state index contributed by atoms with van der Waals surface area (Å²) in [5.74, 6) is -0.140. The third kappa shape index (κ3) is 5.09. The summed E-state index contributed by atoms with van der Waals surface area (Å²) in [6.07, 6.45) is 1.53. The molecule has 1 aromatic heterocycles. The van der Waals surface area contributed by atoms with Gasteiger partial charge in [-0.15, -0.1) is 11.3 Å². The highest BCUT2D eigenvalue weighted by molar-refractivity contribution is 7.13. The smallest absolute Gasteiger partial charge is 0.254 e. The molecule has 1 atom stereocenters. The molecule has 0 saturated carbocycles. The normalized spacial score (nSPS) is 18.3. The number of aryl methyl sites for hydroxylation is 1. The largest absolute Gasteiger partial charge is 0.361 e. The number of nitrogens with zero attached hydrogens (tertiary/aromatic N) is 1. The van der Waals surface area contributed by atoms with Gasteiger partial charge in [-0.05, 0) is 34.6 Å². The lowest BCUT2D eigenvalue weighted by Crippen LogP contribution is -2.61. The summed E-state index contributed by atoms with van der Waals surface area (Å²) in [4.78, 5) is 28.8. The van der Waals surface area contributed by atoms with Crippen LogP contribution in [0.5, 0.6) is 0 Å². The SMILES string of the molecule is CNC(=O)C1(Cc2ccc(-c3cccs3)cc2)CN(C(=O)CCc2ccccc2)CCO1. The number of hydrogen-bond acceptors (Lipinski definition) is 4. The van der Waals surface area contributed by atoms with Crippen molar-refractivity contribution in [3.8, 4) is 10.4 Å². The highest BCUT2D eigenvalue weighted by atomic mass is 32.1. The van der Waals surface area contributed by atoms with E-state index in [9.17, 15) is 9.59 Å². The first-order valence-corrected chi connectivity index (χ1v) is 11.8. The van der Waals surface area contributed by atoms with Gasteiger partial charge in [0, 0.05) is 31.3 Å². The molecular formula is C26H28N2O3S. The Bertz CT molecular complexity index is 1030. The molecule has 4 rings (SSSR count). The van der Waals surface area contributed by atoms with Crippen molar-refractivity contribution < 1.29 is 14.3 Å². The van der Waals surface area contributed by atoms with Crippen LogP contribution in [0.25, 0.3) is 10.4 Å². The molecule has 0 spiro atoms. The van der Waals surface area contributed by atoms with Gasteiger partial charge in [0.25, 0.3) is 5.91 Å². The molecule has 1 fully saturated rings. The van der Waals surface area contributed by atoms with Crippen LogP contribution in [0.3, 0.4) is 0 Å². The first kappa shape index (κ1) is 22.2. The lowest BCUT2D eigenvalue weighted by molar-refractivity contribution is -0.165. The third-order valence-corrected chi connectivity index (χ3v) is 6.82. The summed E-state index contributed by atoms with van der Waals surface area (Å²) in [5.41, 5.74) is 2.21. The van der Waals surface area contributed by atoms with Gasteiger partial charge < -0.3 is 15.0 Å². The minimum Gasteiger partial charge on any atom is -0.361 e. The summed E-state index contributed by atoms with van der Waals surface area (Å²) in [6.45, 7) is 1.11. The van der Waals surface area contributed by atoms with E-state index in [-0.39, 0.29) is 18.4 Å². The van der Waals surface area contributed by atoms with Crippen molar-refractivity contribution in [3.05, 3.63) is 83.2 Å². The molecule has 2 aromatic carbocycles. The molecule has 0 bridgehead atoms. The van der Waals surface area contributed by atoms with Crippen molar-refractivity contribution in [2.24, 2.45) is 0 Å². The second-order valence-electron chi connectivity index (χ2n) is 8.07. The molecule has 2 amide bonds. The number of carbonyl (C=O) groups excluding carboxylic acids is 2. The molecule has 166 valence electrons. The molecule has 0 aliphatic carbocycles.